The number of halogens is 1. The standard InChI is InChI=1S/C16H18FN3O2/c1-16(2,3)22-15(21)20-13-6-4-10(8-12(13)18)11-5-7-14(17)19-9-11/h4-9H,18H2,1-3H3,(H,20,21). The Labute approximate surface area is 128 Å². The van der Waals surface area contributed by atoms with Crippen molar-refractivity contribution in [1.82, 2.24) is 4.98 Å². The van der Waals surface area contributed by atoms with E-state index in [4.69, 9.17) is 10.5 Å². The van der Waals surface area contributed by atoms with E-state index in [9.17, 15) is 9.18 Å². The van der Waals surface area contributed by atoms with Gasteiger partial charge in [-0.15, -0.1) is 0 Å². The van der Waals surface area contributed by atoms with Gasteiger partial charge in [0, 0.05) is 11.8 Å². The van der Waals surface area contributed by atoms with Crippen LogP contribution in [0.4, 0.5) is 20.6 Å². The first-order valence-corrected chi connectivity index (χ1v) is 6.76. The first kappa shape index (κ1) is 15.8. The number of amides is 1. The molecule has 2 aromatic rings. The summed E-state index contributed by atoms with van der Waals surface area (Å²) in [5, 5.41) is 2.59. The molecule has 0 aliphatic rings. The summed E-state index contributed by atoms with van der Waals surface area (Å²) >= 11 is 0. The highest BCUT2D eigenvalue weighted by atomic mass is 19.1. The number of anilines is 2. The fourth-order valence-electron chi connectivity index (χ4n) is 1.82. The van der Waals surface area contributed by atoms with E-state index in [1.807, 2.05) is 0 Å². The van der Waals surface area contributed by atoms with E-state index in [1.165, 1.54) is 12.3 Å². The minimum absolute atomic E-state index is 0.382. The van der Waals surface area contributed by atoms with Crippen LogP contribution in [-0.4, -0.2) is 16.7 Å². The largest absolute Gasteiger partial charge is 0.444 e. The summed E-state index contributed by atoms with van der Waals surface area (Å²) < 4.78 is 18.0. The van der Waals surface area contributed by atoms with E-state index in [1.54, 1.807) is 45.0 Å². The lowest BCUT2D eigenvalue weighted by molar-refractivity contribution is 0.0636. The van der Waals surface area contributed by atoms with Crippen LogP contribution in [0.25, 0.3) is 11.1 Å². The highest BCUT2D eigenvalue weighted by Crippen LogP contribution is 2.27. The van der Waals surface area contributed by atoms with Crippen LogP contribution >= 0.6 is 0 Å². The van der Waals surface area contributed by atoms with Gasteiger partial charge in [-0.1, -0.05) is 6.07 Å². The average molecular weight is 303 g/mol. The van der Waals surface area contributed by atoms with Gasteiger partial charge in [0.1, 0.15) is 5.60 Å². The second-order valence-electron chi connectivity index (χ2n) is 5.80. The lowest BCUT2D eigenvalue weighted by atomic mass is 10.1. The Bertz CT molecular complexity index is 679. The lowest BCUT2D eigenvalue weighted by Gasteiger charge is -2.20. The fourth-order valence-corrected chi connectivity index (χ4v) is 1.82. The highest BCUT2D eigenvalue weighted by molar-refractivity contribution is 5.90. The minimum atomic E-state index is -0.585. The number of nitrogens with one attached hydrogen (secondary N) is 1. The summed E-state index contributed by atoms with van der Waals surface area (Å²) in [6.45, 7) is 5.34. The molecule has 0 fully saturated rings. The van der Waals surface area contributed by atoms with Crippen molar-refractivity contribution >= 4 is 17.5 Å². The van der Waals surface area contributed by atoms with E-state index >= 15 is 0 Å². The number of pyridine rings is 1. The summed E-state index contributed by atoms with van der Waals surface area (Å²) in [6.07, 6.45) is 0.848. The number of ether oxygens (including phenoxy) is 1. The second-order valence-corrected chi connectivity index (χ2v) is 5.80. The Kier molecular flexibility index (Phi) is 4.30. The van der Waals surface area contributed by atoms with Crippen molar-refractivity contribution in [1.29, 1.82) is 0 Å². The molecule has 1 aromatic carbocycles. The summed E-state index contributed by atoms with van der Waals surface area (Å²) in [7, 11) is 0. The minimum Gasteiger partial charge on any atom is -0.444 e. The molecule has 0 aliphatic heterocycles. The first-order valence-electron chi connectivity index (χ1n) is 6.76. The Morgan fingerprint density at radius 2 is 1.91 bits per heavy atom. The predicted octanol–water partition coefficient (Wildman–Crippen LogP) is 3.82. The summed E-state index contributed by atoms with van der Waals surface area (Å²) in [4.78, 5) is 15.3. The highest BCUT2D eigenvalue weighted by Gasteiger charge is 2.17. The maximum absolute atomic E-state index is 12.8. The van der Waals surface area contributed by atoms with Gasteiger partial charge in [-0.05, 0) is 50.6 Å². The van der Waals surface area contributed by atoms with Gasteiger partial charge >= 0.3 is 6.09 Å². The second kappa shape index (κ2) is 6.01. The molecular formula is C16H18FN3O2. The number of nitrogens with two attached hydrogens (primary N) is 1. The number of hydrogen-bond donors (Lipinski definition) is 2. The molecule has 22 heavy (non-hydrogen) atoms. The van der Waals surface area contributed by atoms with Gasteiger partial charge in [0.25, 0.3) is 0 Å². The van der Waals surface area contributed by atoms with Crippen molar-refractivity contribution in [3.05, 3.63) is 42.5 Å². The molecule has 116 valence electrons. The van der Waals surface area contributed by atoms with Crippen LogP contribution in [0.2, 0.25) is 0 Å². The number of carbonyl (C=O) groups excluding carboxylic acids is 1. The topological polar surface area (TPSA) is 77.2 Å². The first-order chi connectivity index (χ1) is 10.2. The van der Waals surface area contributed by atoms with Crippen molar-refractivity contribution in [2.24, 2.45) is 0 Å². The molecule has 0 bridgehead atoms. The molecule has 0 radical (unpaired) electrons. The maximum Gasteiger partial charge on any atom is 0.412 e. The Morgan fingerprint density at radius 1 is 1.23 bits per heavy atom. The molecule has 0 unspecified atom stereocenters. The van der Waals surface area contributed by atoms with Gasteiger partial charge in [0.2, 0.25) is 5.95 Å². The van der Waals surface area contributed by atoms with Gasteiger partial charge in [-0.2, -0.15) is 4.39 Å². The number of carbonyl (C=O) groups is 1. The molecule has 0 saturated heterocycles. The number of rotatable bonds is 2. The van der Waals surface area contributed by atoms with Crippen LogP contribution in [0.1, 0.15) is 20.8 Å². The normalized spacial score (nSPS) is 11.1. The third kappa shape index (κ3) is 4.18. The van der Waals surface area contributed by atoms with Gasteiger partial charge in [0.15, 0.2) is 0 Å². The van der Waals surface area contributed by atoms with Crippen molar-refractivity contribution in [2.45, 2.75) is 26.4 Å². The lowest BCUT2D eigenvalue weighted by Crippen LogP contribution is -2.27. The molecule has 1 amide bonds. The summed E-state index contributed by atoms with van der Waals surface area (Å²) in [6, 6.07) is 7.99. The van der Waals surface area contributed by atoms with Crippen LogP contribution in [0.15, 0.2) is 36.5 Å². The number of hydrogen-bond acceptors (Lipinski definition) is 4. The number of benzene rings is 1. The van der Waals surface area contributed by atoms with E-state index in [0.29, 0.717) is 11.4 Å². The van der Waals surface area contributed by atoms with Gasteiger partial charge in [0.05, 0.1) is 11.4 Å². The van der Waals surface area contributed by atoms with Gasteiger partial charge < -0.3 is 10.5 Å². The predicted molar refractivity (Wildman–Crippen MR) is 83.9 cm³/mol. The number of nitrogens with zero attached hydrogens (tertiary/aromatic N) is 1. The average Bonchev–Trinajstić information content (AvgIpc) is 2.40. The zero-order chi connectivity index (χ0) is 16.3. The molecule has 3 N–H and O–H groups in total. The molecule has 0 spiro atoms. The van der Waals surface area contributed by atoms with Crippen LogP contribution < -0.4 is 11.1 Å². The van der Waals surface area contributed by atoms with Crippen molar-refractivity contribution in [3.8, 4) is 11.1 Å². The van der Waals surface area contributed by atoms with Crippen molar-refractivity contribution in [3.63, 3.8) is 0 Å². The third-order valence-electron chi connectivity index (χ3n) is 2.75. The fraction of sp³-hybridized carbons (Fsp3) is 0.250. The third-order valence-corrected chi connectivity index (χ3v) is 2.75. The van der Waals surface area contributed by atoms with Crippen molar-refractivity contribution < 1.29 is 13.9 Å². The van der Waals surface area contributed by atoms with E-state index in [-0.39, 0.29) is 0 Å². The van der Waals surface area contributed by atoms with E-state index in [0.717, 1.165) is 11.1 Å². The zero-order valence-corrected chi connectivity index (χ0v) is 12.7. The smallest absolute Gasteiger partial charge is 0.412 e. The Balaban J connectivity index is 2.16. The number of nitrogen functional groups attached to an aromatic ring is 1. The van der Waals surface area contributed by atoms with Crippen molar-refractivity contribution in [2.75, 3.05) is 11.1 Å². The molecule has 2 rings (SSSR count). The van der Waals surface area contributed by atoms with E-state index < -0.39 is 17.6 Å². The SMILES string of the molecule is CC(C)(C)OC(=O)Nc1ccc(-c2ccc(F)nc2)cc1N. The molecule has 0 atom stereocenters. The molecule has 5 nitrogen and oxygen atoms in total. The quantitative estimate of drug-likeness (QED) is 0.653. The zero-order valence-electron chi connectivity index (χ0n) is 12.7. The Morgan fingerprint density at radius 3 is 2.45 bits per heavy atom. The van der Waals surface area contributed by atoms with Crippen LogP contribution in [0.5, 0.6) is 0 Å². The monoisotopic (exact) mass is 303 g/mol. The van der Waals surface area contributed by atoms with Gasteiger partial charge in [-0.3, -0.25) is 5.32 Å². The molecule has 1 heterocycles. The molecular weight excluding hydrogens is 285 g/mol. The van der Waals surface area contributed by atoms with Crippen LogP contribution in [0, 0.1) is 5.95 Å². The van der Waals surface area contributed by atoms with Gasteiger partial charge in [-0.25, -0.2) is 9.78 Å². The Hall–Kier alpha value is -2.63. The summed E-state index contributed by atoms with van der Waals surface area (Å²) in [5.41, 5.74) is 7.70. The van der Waals surface area contributed by atoms with E-state index in [2.05, 4.69) is 10.3 Å². The molecule has 0 aliphatic carbocycles. The van der Waals surface area contributed by atoms with Crippen LogP contribution in [0.3, 0.4) is 0 Å². The summed E-state index contributed by atoms with van der Waals surface area (Å²) in [5.74, 6) is -0.542. The van der Waals surface area contributed by atoms with Crippen LogP contribution in [-0.2, 0) is 4.74 Å². The molecule has 0 saturated carbocycles. The molecule has 6 heteroatoms. The maximum atomic E-state index is 12.8. The number of aromatic nitrogens is 1. The molecule has 1 aromatic heterocycles.